The minimum absolute atomic E-state index is 0.0531. The first-order valence-corrected chi connectivity index (χ1v) is 10.5. The molecule has 0 bridgehead atoms. The van der Waals surface area contributed by atoms with Crippen LogP contribution < -0.4 is 15.4 Å². The second-order valence-electron chi connectivity index (χ2n) is 7.37. The van der Waals surface area contributed by atoms with Gasteiger partial charge in [0.15, 0.2) is 6.61 Å². The van der Waals surface area contributed by atoms with E-state index in [2.05, 4.69) is 10.6 Å². The number of carbonyl (C=O) groups is 2. The summed E-state index contributed by atoms with van der Waals surface area (Å²) < 4.78 is 5.56. The van der Waals surface area contributed by atoms with Crippen molar-refractivity contribution in [1.82, 2.24) is 0 Å². The Hall–Kier alpha value is -4.08. The van der Waals surface area contributed by atoms with Gasteiger partial charge in [0.1, 0.15) is 17.4 Å². The molecular formula is C26H22ClN3O3. The smallest absolute Gasteiger partial charge is 0.266 e. The molecule has 0 heterocycles. The van der Waals surface area contributed by atoms with Crippen molar-refractivity contribution in [2.45, 2.75) is 13.8 Å². The summed E-state index contributed by atoms with van der Waals surface area (Å²) in [7, 11) is 0. The van der Waals surface area contributed by atoms with E-state index in [1.165, 1.54) is 6.08 Å². The number of aryl methyl sites for hydroxylation is 2. The highest BCUT2D eigenvalue weighted by molar-refractivity contribution is 6.31. The first-order valence-electron chi connectivity index (χ1n) is 10.1. The lowest BCUT2D eigenvalue weighted by Crippen LogP contribution is -2.20. The Labute approximate surface area is 197 Å². The quantitative estimate of drug-likeness (QED) is 0.359. The average molecular weight is 460 g/mol. The van der Waals surface area contributed by atoms with Gasteiger partial charge in [-0.25, -0.2) is 0 Å². The van der Waals surface area contributed by atoms with Gasteiger partial charge in [-0.3, -0.25) is 9.59 Å². The number of nitriles is 1. The number of anilines is 2. The highest BCUT2D eigenvalue weighted by Crippen LogP contribution is 2.20. The summed E-state index contributed by atoms with van der Waals surface area (Å²) in [6, 6.07) is 21.3. The Balaban J connectivity index is 1.63. The maximum absolute atomic E-state index is 12.5. The Morgan fingerprint density at radius 3 is 2.48 bits per heavy atom. The number of hydrogen-bond donors (Lipinski definition) is 2. The summed E-state index contributed by atoms with van der Waals surface area (Å²) in [6.45, 7) is 3.58. The first kappa shape index (κ1) is 23.6. The van der Waals surface area contributed by atoms with E-state index in [4.69, 9.17) is 16.3 Å². The molecule has 0 radical (unpaired) electrons. The molecule has 0 fully saturated rings. The van der Waals surface area contributed by atoms with E-state index in [0.717, 1.165) is 11.1 Å². The SMILES string of the molecule is Cc1cccc(NC(=O)/C(C#N)=C/c2cccc(OCC(=O)Nc3ccc(C)c(Cl)c3)c2)c1. The van der Waals surface area contributed by atoms with Crippen LogP contribution in [-0.4, -0.2) is 18.4 Å². The number of ether oxygens (including phenoxy) is 1. The number of benzene rings is 3. The van der Waals surface area contributed by atoms with E-state index in [0.29, 0.717) is 27.7 Å². The average Bonchev–Trinajstić information content (AvgIpc) is 2.79. The van der Waals surface area contributed by atoms with Gasteiger partial charge in [0.05, 0.1) is 0 Å². The van der Waals surface area contributed by atoms with Gasteiger partial charge in [-0.2, -0.15) is 5.26 Å². The molecule has 0 saturated heterocycles. The number of halogens is 1. The van der Waals surface area contributed by atoms with Gasteiger partial charge in [0.2, 0.25) is 0 Å². The molecule has 166 valence electrons. The Morgan fingerprint density at radius 1 is 1.00 bits per heavy atom. The topological polar surface area (TPSA) is 91.2 Å². The molecule has 33 heavy (non-hydrogen) atoms. The lowest BCUT2D eigenvalue weighted by atomic mass is 10.1. The predicted octanol–water partition coefficient (Wildman–Crippen LogP) is 5.52. The third-order valence-electron chi connectivity index (χ3n) is 4.64. The molecule has 3 aromatic rings. The fourth-order valence-corrected chi connectivity index (χ4v) is 3.13. The third kappa shape index (κ3) is 6.96. The number of nitrogens with one attached hydrogen (secondary N) is 2. The van der Waals surface area contributed by atoms with Crippen LogP contribution in [0.2, 0.25) is 5.02 Å². The van der Waals surface area contributed by atoms with E-state index in [1.807, 2.05) is 44.2 Å². The zero-order valence-electron chi connectivity index (χ0n) is 18.2. The molecule has 0 aliphatic rings. The molecule has 7 heteroatoms. The molecule has 0 aromatic heterocycles. The van der Waals surface area contributed by atoms with Crippen molar-refractivity contribution in [3.05, 3.63) is 94.0 Å². The van der Waals surface area contributed by atoms with Gasteiger partial charge in [-0.05, 0) is 73.0 Å². The second-order valence-corrected chi connectivity index (χ2v) is 7.77. The maximum Gasteiger partial charge on any atom is 0.266 e. The van der Waals surface area contributed by atoms with Crippen LogP contribution >= 0.6 is 11.6 Å². The second kappa shape index (κ2) is 11.0. The summed E-state index contributed by atoms with van der Waals surface area (Å²) in [5.41, 5.74) is 3.64. The third-order valence-corrected chi connectivity index (χ3v) is 5.04. The van der Waals surface area contributed by atoms with Gasteiger partial charge in [-0.1, -0.05) is 41.9 Å². The fraction of sp³-hybridized carbons (Fsp3) is 0.115. The molecule has 6 nitrogen and oxygen atoms in total. The number of hydrogen-bond acceptors (Lipinski definition) is 4. The molecule has 2 amide bonds. The summed E-state index contributed by atoms with van der Waals surface area (Å²) in [6.07, 6.45) is 1.46. The van der Waals surface area contributed by atoms with Gasteiger partial charge in [0, 0.05) is 16.4 Å². The van der Waals surface area contributed by atoms with E-state index < -0.39 is 5.91 Å². The van der Waals surface area contributed by atoms with Crippen molar-refractivity contribution in [3.63, 3.8) is 0 Å². The zero-order chi connectivity index (χ0) is 23.8. The molecule has 3 rings (SSSR count). The van der Waals surface area contributed by atoms with E-state index in [1.54, 1.807) is 42.5 Å². The normalized spacial score (nSPS) is 10.8. The summed E-state index contributed by atoms with van der Waals surface area (Å²) in [4.78, 5) is 24.7. The van der Waals surface area contributed by atoms with Crippen LogP contribution in [0, 0.1) is 25.2 Å². The molecule has 0 saturated carbocycles. The van der Waals surface area contributed by atoms with Gasteiger partial charge in [0.25, 0.3) is 11.8 Å². The van der Waals surface area contributed by atoms with Crippen molar-refractivity contribution in [2.24, 2.45) is 0 Å². The standard InChI is InChI=1S/C26H22ClN3O3/c1-17-5-3-7-21(11-17)30-26(32)20(15-28)12-19-6-4-8-23(13-19)33-16-25(31)29-22-10-9-18(2)24(27)14-22/h3-14H,16H2,1-2H3,(H,29,31)(H,30,32)/b20-12+. The van der Waals surface area contributed by atoms with E-state index in [-0.39, 0.29) is 18.1 Å². The molecule has 0 spiro atoms. The Morgan fingerprint density at radius 2 is 1.76 bits per heavy atom. The minimum atomic E-state index is -0.509. The molecule has 3 aromatic carbocycles. The summed E-state index contributed by atoms with van der Waals surface area (Å²) in [5.74, 6) is -0.422. The number of amides is 2. The number of rotatable bonds is 7. The highest BCUT2D eigenvalue weighted by atomic mass is 35.5. The fourth-order valence-electron chi connectivity index (χ4n) is 2.95. The van der Waals surface area contributed by atoms with Crippen molar-refractivity contribution >= 4 is 40.9 Å². The van der Waals surface area contributed by atoms with Crippen molar-refractivity contribution < 1.29 is 14.3 Å². The van der Waals surface area contributed by atoms with Crippen molar-refractivity contribution in [2.75, 3.05) is 17.2 Å². The number of nitrogens with zero attached hydrogens (tertiary/aromatic N) is 1. The lowest BCUT2D eigenvalue weighted by Gasteiger charge is -2.09. The van der Waals surface area contributed by atoms with E-state index >= 15 is 0 Å². The van der Waals surface area contributed by atoms with Crippen molar-refractivity contribution in [3.8, 4) is 11.8 Å². The first-order chi connectivity index (χ1) is 15.8. The predicted molar refractivity (Wildman–Crippen MR) is 130 cm³/mol. The summed E-state index contributed by atoms with van der Waals surface area (Å²) >= 11 is 6.08. The molecule has 0 unspecified atom stereocenters. The van der Waals surface area contributed by atoms with Crippen LogP contribution in [0.5, 0.6) is 5.75 Å². The molecule has 0 aliphatic carbocycles. The van der Waals surface area contributed by atoms with Crippen LogP contribution in [0.3, 0.4) is 0 Å². The van der Waals surface area contributed by atoms with Gasteiger partial charge >= 0.3 is 0 Å². The van der Waals surface area contributed by atoms with Crippen molar-refractivity contribution in [1.29, 1.82) is 5.26 Å². The highest BCUT2D eigenvalue weighted by Gasteiger charge is 2.10. The molecular weight excluding hydrogens is 438 g/mol. The molecule has 0 aliphatic heterocycles. The Kier molecular flexibility index (Phi) is 7.85. The molecule has 0 atom stereocenters. The van der Waals surface area contributed by atoms with E-state index in [9.17, 15) is 14.9 Å². The van der Waals surface area contributed by atoms with Crippen LogP contribution in [0.4, 0.5) is 11.4 Å². The minimum Gasteiger partial charge on any atom is -0.484 e. The van der Waals surface area contributed by atoms with Gasteiger partial charge < -0.3 is 15.4 Å². The monoisotopic (exact) mass is 459 g/mol. The maximum atomic E-state index is 12.5. The van der Waals surface area contributed by atoms with Crippen LogP contribution in [0.25, 0.3) is 6.08 Å². The number of carbonyl (C=O) groups excluding carboxylic acids is 2. The lowest BCUT2D eigenvalue weighted by molar-refractivity contribution is -0.118. The zero-order valence-corrected chi connectivity index (χ0v) is 18.9. The van der Waals surface area contributed by atoms with Gasteiger partial charge in [-0.15, -0.1) is 0 Å². The van der Waals surface area contributed by atoms with Crippen LogP contribution in [0.1, 0.15) is 16.7 Å². The van der Waals surface area contributed by atoms with Crippen LogP contribution in [0.15, 0.2) is 72.3 Å². The largest absolute Gasteiger partial charge is 0.484 e. The summed E-state index contributed by atoms with van der Waals surface area (Å²) in [5, 5.41) is 15.4. The Bertz CT molecular complexity index is 1260. The molecule has 2 N–H and O–H groups in total. The van der Waals surface area contributed by atoms with Crippen LogP contribution in [-0.2, 0) is 9.59 Å².